The van der Waals surface area contributed by atoms with Crippen LogP contribution in [0.15, 0.2) is 0 Å². The van der Waals surface area contributed by atoms with Crippen LogP contribution in [0, 0.1) is 11.3 Å². The molecule has 2 aliphatic rings. The predicted octanol–water partition coefficient (Wildman–Crippen LogP) is 3.79. The van der Waals surface area contributed by atoms with E-state index in [0.29, 0.717) is 6.61 Å². The molecule has 0 aromatic heterocycles. The van der Waals surface area contributed by atoms with Crippen molar-refractivity contribution in [3.05, 3.63) is 0 Å². The Labute approximate surface area is 116 Å². The Morgan fingerprint density at radius 2 is 2.05 bits per heavy atom. The molecule has 0 aromatic carbocycles. The smallest absolute Gasteiger partial charge is 0.319 e. The average Bonchev–Trinajstić information content (AvgIpc) is 2.43. The third kappa shape index (κ3) is 3.35. The Hall–Kier alpha value is -0.470. The average molecular weight is 286 g/mol. The largest absolute Gasteiger partial charge is 0.410 e. The van der Waals surface area contributed by atoms with Gasteiger partial charge in [0, 0.05) is 5.92 Å². The fraction of sp³-hybridized carbons (Fsp3) is 0.857. The lowest BCUT2D eigenvalue weighted by Gasteiger charge is -2.35. The van der Waals surface area contributed by atoms with E-state index in [2.05, 4.69) is 0 Å². The van der Waals surface area contributed by atoms with Crippen LogP contribution < -0.4 is 0 Å². The highest BCUT2D eigenvalue weighted by atomic mass is 31.2. The summed E-state index contributed by atoms with van der Waals surface area (Å²) in [7, 11) is -1.65. The van der Waals surface area contributed by atoms with E-state index < -0.39 is 13.8 Å². The Morgan fingerprint density at radius 3 is 2.63 bits per heavy atom. The van der Waals surface area contributed by atoms with Crippen LogP contribution in [0.4, 0.5) is 0 Å². The van der Waals surface area contributed by atoms with Crippen molar-refractivity contribution >= 4 is 19.9 Å². The summed E-state index contributed by atoms with van der Waals surface area (Å²) in [5.74, 6) is -0.209. The molecular formula is C14H23O4P. The van der Waals surface area contributed by atoms with Crippen LogP contribution in [0.25, 0.3) is 0 Å². The minimum absolute atomic E-state index is 0.0293. The molecular weight excluding hydrogens is 263 g/mol. The molecule has 0 amide bonds. The normalized spacial score (nSPS) is 32.9. The molecule has 4 nitrogen and oxygen atoms in total. The number of rotatable bonds is 4. The van der Waals surface area contributed by atoms with E-state index in [0.717, 1.165) is 38.5 Å². The first-order valence-corrected chi connectivity index (χ1v) is 8.44. The van der Waals surface area contributed by atoms with Crippen molar-refractivity contribution in [3.63, 3.8) is 0 Å². The van der Waals surface area contributed by atoms with Crippen LogP contribution in [0.3, 0.4) is 0 Å². The monoisotopic (exact) mass is 286 g/mol. The van der Waals surface area contributed by atoms with Gasteiger partial charge in [-0.2, -0.15) is 0 Å². The van der Waals surface area contributed by atoms with Gasteiger partial charge < -0.3 is 9.05 Å². The molecule has 1 saturated heterocycles. The number of carbonyl (C=O) groups is 2. The van der Waals surface area contributed by atoms with E-state index in [1.54, 1.807) is 0 Å². The van der Waals surface area contributed by atoms with Crippen LogP contribution in [-0.4, -0.2) is 18.1 Å². The fourth-order valence-electron chi connectivity index (χ4n) is 2.81. The third-order valence-electron chi connectivity index (χ3n) is 4.10. The lowest BCUT2D eigenvalue weighted by Crippen LogP contribution is -2.38. The molecule has 108 valence electrons. The van der Waals surface area contributed by atoms with Gasteiger partial charge in [-0.3, -0.25) is 9.59 Å². The highest BCUT2D eigenvalue weighted by Gasteiger charge is 2.45. The van der Waals surface area contributed by atoms with Gasteiger partial charge in [0.1, 0.15) is 0 Å². The summed E-state index contributed by atoms with van der Waals surface area (Å²) in [6.45, 7) is 4.21. The first-order valence-electron chi connectivity index (χ1n) is 7.26. The summed E-state index contributed by atoms with van der Waals surface area (Å²) < 4.78 is 10.9. The Balaban J connectivity index is 1.94. The second-order valence-electron chi connectivity index (χ2n) is 5.89. The van der Waals surface area contributed by atoms with Crippen molar-refractivity contribution in [1.29, 1.82) is 0 Å². The fourth-order valence-corrected chi connectivity index (χ4v) is 4.40. The van der Waals surface area contributed by atoms with Crippen molar-refractivity contribution < 1.29 is 18.6 Å². The number of carbonyl (C=O) groups excluding carboxylic acids is 2. The molecule has 2 atom stereocenters. The van der Waals surface area contributed by atoms with Gasteiger partial charge >= 0.3 is 14.3 Å². The molecule has 0 aromatic rings. The molecule has 2 unspecified atom stereocenters. The lowest BCUT2D eigenvalue weighted by atomic mass is 9.87. The predicted molar refractivity (Wildman–Crippen MR) is 73.6 cm³/mol. The summed E-state index contributed by atoms with van der Waals surface area (Å²) in [4.78, 5) is 24.4. The van der Waals surface area contributed by atoms with Crippen molar-refractivity contribution in [3.8, 4) is 0 Å². The molecule has 0 spiro atoms. The van der Waals surface area contributed by atoms with Crippen LogP contribution in [0.1, 0.15) is 58.8 Å². The van der Waals surface area contributed by atoms with Crippen LogP contribution >= 0.6 is 8.38 Å². The Kier molecular flexibility index (Phi) is 4.97. The van der Waals surface area contributed by atoms with E-state index in [1.165, 1.54) is 6.42 Å². The van der Waals surface area contributed by atoms with Crippen molar-refractivity contribution in [2.75, 3.05) is 6.61 Å². The van der Waals surface area contributed by atoms with E-state index in [1.807, 2.05) is 13.8 Å². The van der Waals surface area contributed by atoms with Crippen LogP contribution in [0.2, 0.25) is 0 Å². The quantitative estimate of drug-likeness (QED) is 0.738. The highest BCUT2D eigenvalue weighted by Crippen LogP contribution is 2.51. The van der Waals surface area contributed by atoms with Gasteiger partial charge in [-0.1, -0.05) is 32.6 Å². The van der Waals surface area contributed by atoms with Gasteiger partial charge in [0.15, 0.2) is 0 Å². The van der Waals surface area contributed by atoms with Gasteiger partial charge in [0.25, 0.3) is 0 Å². The van der Waals surface area contributed by atoms with E-state index >= 15 is 0 Å². The first-order chi connectivity index (χ1) is 9.07. The van der Waals surface area contributed by atoms with E-state index in [9.17, 15) is 9.59 Å². The molecule has 0 N–H and O–H groups in total. The standard InChI is InChI=1S/C14H23O4P/c1-3-9-14(2)10-17-19(18-13(14)16)12(15)11-7-5-4-6-8-11/h11H,3-10H2,1-2H3. The van der Waals surface area contributed by atoms with Crippen LogP contribution in [-0.2, 0) is 18.6 Å². The maximum Gasteiger partial charge on any atom is 0.319 e. The maximum atomic E-state index is 12.3. The second kappa shape index (κ2) is 6.32. The lowest BCUT2D eigenvalue weighted by molar-refractivity contribution is -0.152. The molecule has 19 heavy (non-hydrogen) atoms. The minimum atomic E-state index is -1.65. The first kappa shape index (κ1) is 14.9. The number of hydrogen-bond donors (Lipinski definition) is 0. The molecule has 2 rings (SSSR count). The van der Waals surface area contributed by atoms with Gasteiger partial charge in [0.2, 0.25) is 5.52 Å². The van der Waals surface area contributed by atoms with Crippen LogP contribution in [0.5, 0.6) is 0 Å². The molecule has 5 heteroatoms. The maximum absolute atomic E-state index is 12.3. The molecule has 0 radical (unpaired) electrons. The molecule has 1 aliphatic heterocycles. The molecule has 1 saturated carbocycles. The number of hydrogen-bond acceptors (Lipinski definition) is 4. The minimum Gasteiger partial charge on any atom is -0.410 e. The van der Waals surface area contributed by atoms with Crippen molar-refractivity contribution in [1.82, 2.24) is 0 Å². The summed E-state index contributed by atoms with van der Waals surface area (Å²) in [5, 5.41) is 0. The second-order valence-corrected chi connectivity index (χ2v) is 7.29. The molecule has 0 bridgehead atoms. The van der Waals surface area contributed by atoms with E-state index in [4.69, 9.17) is 9.05 Å². The molecule has 1 aliphatic carbocycles. The molecule has 2 fully saturated rings. The zero-order valence-corrected chi connectivity index (χ0v) is 12.7. The van der Waals surface area contributed by atoms with E-state index in [-0.39, 0.29) is 17.4 Å². The summed E-state index contributed by atoms with van der Waals surface area (Å²) in [6.07, 6.45) is 6.89. The zero-order chi connectivity index (χ0) is 13.9. The summed E-state index contributed by atoms with van der Waals surface area (Å²) >= 11 is 0. The Morgan fingerprint density at radius 1 is 1.37 bits per heavy atom. The third-order valence-corrected chi connectivity index (χ3v) is 5.52. The van der Waals surface area contributed by atoms with Gasteiger partial charge in [-0.05, 0) is 26.2 Å². The summed E-state index contributed by atoms with van der Waals surface area (Å²) in [6, 6.07) is 0. The van der Waals surface area contributed by atoms with Gasteiger partial charge in [-0.15, -0.1) is 0 Å². The van der Waals surface area contributed by atoms with Gasteiger partial charge in [0.05, 0.1) is 12.0 Å². The molecule has 1 heterocycles. The highest BCUT2D eigenvalue weighted by molar-refractivity contribution is 7.66. The topological polar surface area (TPSA) is 52.6 Å². The summed E-state index contributed by atoms with van der Waals surface area (Å²) in [5.41, 5.74) is -0.540. The Bertz CT molecular complexity index is 351. The van der Waals surface area contributed by atoms with Crippen molar-refractivity contribution in [2.45, 2.75) is 58.8 Å². The SMILES string of the molecule is CCCC1(C)COP(C(=O)C2CCCCC2)OC1=O. The van der Waals surface area contributed by atoms with Crippen molar-refractivity contribution in [2.24, 2.45) is 11.3 Å². The van der Waals surface area contributed by atoms with Gasteiger partial charge in [-0.25, -0.2) is 0 Å². The zero-order valence-electron chi connectivity index (χ0n) is 11.8.